The van der Waals surface area contributed by atoms with Gasteiger partial charge in [-0.3, -0.25) is 9.59 Å². The van der Waals surface area contributed by atoms with Crippen molar-refractivity contribution in [1.82, 2.24) is 25.2 Å². The lowest BCUT2D eigenvalue weighted by Crippen LogP contribution is -2.53. The van der Waals surface area contributed by atoms with Crippen LogP contribution in [0.5, 0.6) is 0 Å². The average molecular weight is 502 g/mol. The molecular formula is C26H33F2N5O3. The molecule has 3 atom stereocenters. The van der Waals surface area contributed by atoms with Gasteiger partial charge in [0, 0.05) is 37.2 Å². The summed E-state index contributed by atoms with van der Waals surface area (Å²) in [5.41, 5.74) is 0.963. The fourth-order valence-corrected chi connectivity index (χ4v) is 5.44. The third-order valence-electron chi connectivity index (χ3n) is 7.55. The largest absolute Gasteiger partial charge is 0.391 e. The van der Waals surface area contributed by atoms with E-state index in [1.165, 1.54) is 17.0 Å². The van der Waals surface area contributed by atoms with Crippen molar-refractivity contribution in [3.63, 3.8) is 0 Å². The summed E-state index contributed by atoms with van der Waals surface area (Å²) in [5.74, 6) is -1.46. The Labute approximate surface area is 209 Å². The lowest BCUT2D eigenvalue weighted by molar-refractivity contribution is -0.144. The summed E-state index contributed by atoms with van der Waals surface area (Å²) in [4.78, 5) is 28.5. The van der Waals surface area contributed by atoms with Crippen LogP contribution in [0.4, 0.5) is 8.78 Å². The Morgan fingerprint density at radius 2 is 1.75 bits per heavy atom. The summed E-state index contributed by atoms with van der Waals surface area (Å²) in [6.07, 6.45) is 4.46. The molecule has 2 amide bonds. The lowest BCUT2D eigenvalue weighted by Gasteiger charge is -2.38. The molecule has 2 N–H and O–H groups in total. The van der Waals surface area contributed by atoms with Crippen LogP contribution >= 0.6 is 0 Å². The molecule has 2 aliphatic carbocycles. The number of carbonyl (C=O) groups excluding carboxylic acids is 2. The highest BCUT2D eigenvalue weighted by molar-refractivity contribution is 5.90. The molecule has 3 fully saturated rings. The fourth-order valence-electron chi connectivity index (χ4n) is 5.44. The van der Waals surface area contributed by atoms with Gasteiger partial charge in [-0.25, -0.2) is 13.5 Å². The first-order valence-corrected chi connectivity index (χ1v) is 12.7. The van der Waals surface area contributed by atoms with E-state index in [1.54, 1.807) is 4.68 Å². The Bertz CT molecular complexity index is 1130. The number of aliphatic hydroxyl groups is 1. The minimum atomic E-state index is -0.799. The van der Waals surface area contributed by atoms with Crippen molar-refractivity contribution in [3.8, 4) is 0 Å². The van der Waals surface area contributed by atoms with Crippen molar-refractivity contribution in [2.45, 2.75) is 88.9 Å². The molecule has 3 aliphatic rings. The van der Waals surface area contributed by atoms with Gasteiger partial charge in [0.25, 0.3) is 0 Å². The molecule has 2 saturated carbocycles. The minimum Gasteiger partial charge on any atom is -0.391 e. The Morgan fingerprint density at radius 3 is 2.36 bits per heavy atom. The summed E-state index contributed by atoms with van der Waals surface area (Å²) in [5, 5.41) is 21.9. The van der Waals surface area contributed by atoms with E-state index in [9.17, 15) is 23.5 Å². The molecule has 2 heterocycles. The predicted octanol–water partition coefficient (Wildman–Crippen LogP) is 3.05. The topological polar surface area (TPSA) is 100 Å². The van der Waals surface area contributed by atoms with E-state index in [2.05, 4.69) is 15.6 Å². The predicted molar refractivity (Wildman–Crippen MR) is 127 cm³/mol. The number of hydrogen-bond donors (Lipinski definition) is 2. The van der Waals surface area contributed by atoms with Crippen molar-refractivity contribution >= 4 is 11.8 Å². The van der Waals surface area contributed by atoms with E-state index in [0.717, 1.165) is 24.6 Å². The van der Waals surface area contributed by atoms with Crippen molar-refractivity contribution in [3.05, 3.63) is 47.3 Å². The summed E-state index contributed by atoms with van der Waals surface area (Å²) >= 11 is 0. The van der Waals surface area contributed by atoms with Gasteiger partial charge in [-0.2, -0.15) is 0 Å². The second-order valence-electron chi connectivity index (χ2n) is 11.6. The van der Waals surface area contributed by atoms with Gasteiger partial charge < -0.3 is 15.3 Å². The maximum atomic E-state index is 13.8. The molecule has 5 rings (SSSR count). The molecule has 8 nitrogen and oxygen atoms in total. The molecule has 10 heteroatoms. The first kappa shape index (κ1) is 24.8. The maximum absolute atomic E-state index is 13.8. The number of nitrogens with one attached hydrogen (secondary N) is 1. The van der Waals surface area contributed by atoms with Crippen molar-refractivity contribution in [2.75, 3.05) is 6.54 Å². The van der Waals surface area contributed by atoms with Crippen LogP contribution in [-0.4, -0.2) is 61.5 Å². The van der Waals surface area contributed by atoms with E-state index in [4.69, 9.17) is 0 Å². The number of benzene rings is 1. The number of halogens is 2. The molecule has 194 valence electrons. The van der Waals surface area contributed by atoms with Crippen molar-refractivity contribution in [1.29, 1.82) is 0 Å². The molecule has 36 heavy (non-hydrogen) atoms. The van der Waals surface area contributed by atoms with E-state index in [1.807, 2.05) is 27.0 Å². The molecule has 2 unspecified atom stereocenters. The van der Waals surface area contributed by atoms with Gasteiger partial charge in [0.15, 0.2) is 0 Å². The molecular weight excluding hydrogens is 468 g/mol. The van der Waals surface area contributed by atoms with E-state index in [-0.39, 0.29) is 36.7 Å². The number of hydrogen-bond acceptors (Lipinski definition) is 5. The van der Waals surface area contributed by atoms with Gasteiger partial charge in [-0.15, -0.1) is 5.10 Å². The minimum absolute atomic E-state index is 0.0364. The Kier molecular flexibility index (Phi) is 6.34. The van der Waals surface area contributed by atoms with Crippen LogP contribution < -0.4 is 5.32 Å². The number of nitrogens with zero attached hydrogens (tertiary/aromatic N) is 4. The van der Waals surface area contributed by atoms with E-state index >= 15 is 0 Å². The highest BCUT2D eigenvalue weighted by Gasteiger charge is 2.46. The number of β-amino-alcohol motifs (C(OH)–C–C–N with tert-alkyl or cyclic N) is 1. The SMILES string of the molecule is CC(C)(C)[C@@H](C(=O)N1CC(O)CC1C(=O)NC1CC(c2cc(F)cc(F)c2)C1)n1cc(C2CC2)nn1. The Balaban J connectivity index is 1.26. The molecule has 0 spiro atoms. The van der Waals surface area contributed by atoms with Crippen molar-refractivity contribution in [2.24, 2.45) is 5.41 Å². The summed E-state index contributed by atoms with van der Waals surface area (Å²) in [7, 11) is 0. The number of likely N-dealkylation sites (tertiary alicyclic amines) is 1. The van der Waals surface area contributed by atoms with Gasteiger partial charge >= 0.3 is 0 Å². The second kappa shape index (κ2) is 9.21. The molecule has 1 aromatic carbocycles. The Morgan fingerprint density at radius 1 is 1.08 bits per heavy atom. The summed E-state index contributed by atoms with van der Waals surface area (Å²) in [6, 6.07) is 1.87. The number of aliphatic hydroxyl groups excluding tert-OH is 1. The zero-order valence-electron chi connectivity index (χ0n) is 20.8. The number of amides is 2. The highest BCUT2D eigenvalue weighted by Crippen LogP contribution is 2.41. The Hall–Kier alpha value is -2.88. The van der Waals surface area contributed by atoms with Crippen LogP contribution in [0.15, 0.2) is 24.4 Å². The molecule has 2 aromatic rings. The first-order valence-electron chi connectivity index (χ1n) is 12.7. The van der Waals surface area contributed by atoms with Crippen LogP contribution in [0.25, 0.3) is 0 Å². The molecule has 0 bridgehead atoms. The van der Waals surface area contributed by atoms with Crippen LogP contribution in [0.2, 0.25) is 0 Å². The third-order valence-corrected chi connectivity index (χ3v) is 7.55. The number of rotatable bonds is 6. The van der Waals surface area contributed by atoms with Gasteiger partial charge in [0.05, 0.1) is 11.8 Å². The van der Waals surface area contributed by atoms with Crippen LogP contribution in [0.1, 0.15) is 82.0 Å². The second-order valence-corrected chi connectivity index (χ2v) is 11.6. The standard InChI is InChI=1S/C26H33F2N5O3/c1-26(2,3)23(33-13-21(30-31-33)14-4-5-14)25(36)32-12-20(34)11-22(32)24(35)29-19-8-16(9-19)15-6-17(27)10-18(28)7-15/h6-7,10,13-14,16,19-20,22-23,34H,4-5,8-9,11-12H2,1-3H3,(H,29,35)/t16?,19?,20?,22?,23-/m1/s1. The summed E-state index contributed by atoms with van der Waals surface area (Å²) < 4.78 is 28.7. The van der Waals surface area contributed by atoms with Crippen LogP contribution in [-0.2, 0) is 9.59 Å². The van der Waals surface area contributed by atoms with E-state index < -0.39 is 35.2 Å². The van der Waals surface area contributed by atoms with Crippen molar-refractivity contribution < 1.29 is 23.5 Å². The quantitative estimate of drug-likeness (QED) is 0.634. The lowest BCUT2D eigenvalue weighted by atomic mass is 9.75. The normalized spacial score (nSPS) is 27.0. The van der Waals surface area contributed by atoms with E-state index in [0.29, 0.717) is 24.3 Å². The summed E-state index contributed by atoms with van der Waals surface area (Å²) in [6.45, 7) is 5.90. The molecule has 0 radical (unpaired) electrons. The number of aromatic nitrogens is 3. The first-order chi connectivity index (χ1) is 17.0. The van der Waals surface area contributed by atoms with Gasteiger partial charge in [-0.1, -0.05) is 26.0 Å². The van der Waals surface area contributed by atoms with Gasteiger partial charge in [0.1, 0.15) is 23.7 Å². The van der Waals surface area contributed by atoms with Gasteiger partial charge in [-0.05, 0) is 54.7 Å². The van der Waals surface area contributed by atoms with Gasteiger partial charge in [0.2, 0.25) is 11.8 Å². The molecule has 1 aliphatic heterocycles. The molecule has 1 saturated heterocycles. The highest BCUT2D eigenvalue weighted by atomic mass is 19.1. The van der Waals surface area contributed by atoms with Crippen LogP contribution in [0, 0.1) is 17.0 Å². The average Bonchev–Trinajstić information content (AvgIpc) is 3.36. The van der Waals surface area contributed by atoms with Crippen LogP contribution in [0.3, 0.4) is 0 Å². The molecule has 1 aromatic heterocycles. The zero-order valence-corrected chi connectivity index (χ0v) is 20.8. The number of carbonyl (C=O) groups is 2. The third kappa shape index (κ3) is 5.00. The zero-order chi connectivity index (χ0) is 25.8. The smallest absolute Gasteiger partial charge is 0.248 e. The monoisotopic (exact) mass is 501 g/mol. The fraction of sp³-hybridized carbons (Fsp3) is 0.615. The maximum Gasteiger partial charge on any atom is 0.248 e.